The zero-order valence-electron chi connectivity index (χ0n) is 17.4. The van der Waals surface area contributed by atoms with Crippen molar-refractivity contribution >= 4 is 35.0 Å². The van der Waals surface area contributed by atoms with E-state index in [1.807, 2.05) is 72.8 Å². The number of nitrogens with zero attached hydrogens (tertiary/aromatic N) is 3. The first-order valence-corrected chi connectivity index (χ1v) is 10.9. The molecule has 0 saturated heterocycles. The summed E-state index contributed by atoms with van der Waals surface area (Å²) in [7, 11) is 0. The van der Waals surface area contributed by atoms with Gasteiger partial charge in [0.1, 0.15) is 6.33 Å². The molecule has 3 aromatic carbocycles. The van der Waals surface area contributed by atoms with Gasteiger partial charge < -0.3 is 10.6 Å². The third-order valence-electron chi connectivity index (χ3n) is 4.58. The fourth-order valence-electron chi connectivity index (χ4n) is 3.21. The quantitative estimate of drug-likeness (QED) is 0.407. The number of hydrogen-bond acceptors (Lipinski definition) is 5. The van der Waals surface area contributed by atoms with E-state index < -0.39 is 0 Å². The van der Waals surface area contributed by atoms with Gasteiger partial charge in [0, 0.05) is 23.9 Å². The Balaban J connectivity index is 1.45. The molecule has 160 valence electrons. The lowest BCUT2D eigenvalue weighted by molar-refractivity contribution is -0.114. The summed E-state index contributed by atoms with van der Waals surface area (Å²) >= 11 is 1.29. The zero-order valence-corrected chi connectivity index (χ0v) is 18.2. The number of para-hydroxylation sites is 1. The van der Waals surface area contributed by atoms with E-state index in [2.05, 4.69) is 20.8 Å². The van der Waals surface area contributed by atoms with E-state index >= 15 is 0 Å². The number of carbonyl (C=O) groups is 2. The predicted molar refractivity (Wildman–Crippen MR) is 127 cm³/mol. The molecule has 0 aliphatic rings. The normalized spacial score (nSPS) is 10.5. The first-order valence-electron chi connectivity index (χ1n) is 9.95. The van der Waals surface area contributed by atoms with Gasteiger partial charge in [-0.3, -0.25) is 14.2 Å². The van der Waals surface area contributed by atoms with Gasteiger partial charge in [-0.05, 0) is 29.8 Å². The second-order valence-corrected chi connectivity index (χ2v) is 7.91. The molecule has 0 bridgehead atoms. The summed E-state index contributed by atoms with van der Waals surface area (Å²) in [4.78, 5) is 24.0. The van der Waals surface area contributed by atoms with Gasteiger partial charge in [0.15, 0.2) is 5.16 Å². The van der Waals surface area contributed by atoms with Crippen LogP contribution >= 0.6 is 11.8 Å². The lowest BCUT2D eigenvalue weighted by atomic mass is 10.0. The molecule has 4 aromatic rings. The van der Waals surface area contributed by atoms with Crippen molar-refractivity contribution in [1.29, 1.82) is 0 Å². The van der Waals surface area contributed by atoms with Gasteiger partial charge in [-0.25, -0.2) is 0 Å². The minimum absolute atomic E-state index is 0.139. The van der Waals surface area contributed by atoms with Crippen LogP contribution in [0.4, 0.5) is 11.4 Å². The number of thioether (sulfide) groups is 1. The summed E-state index contributed by atoms with van der Waals surface area (Å²) < 4.78 is 1.78. The van der Waals surface area contributed by atoms with Crippen LogP contribution < -0.4 is 10.6 Å². The fourth-order valence-corrected chi connectivity index (χ4v) is 3.94. The molecule has 0 fully saturated rings. The standard InChI is InChI=1S/C24H21N5O2S/c1-17(30)26-19-10-7-11-20(14-19)29-16-25-28-24(29)32-15-23(31)27-22-13-6-5-12-21(22)18-8-3-2-4-9-18/h2-14,16H,15H2,1H3,(H,26,30)(H,27,31). The van der Waals surface area contributed by atoms with Gasteiger partial charge in [0.05, 0.1) is 11.4 Å². The molecule has 1 heterocycles. The molecule has 2 N–H and O–H groups in total. The number of amides is 2. The summed E-state index contributed by atoms with van der Waals surface area (Å²) in [5, 5.41) is 14.4. The lowest BCUT2D eigenvalue weighted by Crippen LogP contribution is -2.15. The van der Waals surface area contributed by atoms with E-state index in [0.29, 0.717) is 10.8 Å². The molecular formula is C24H21N5O2S. The Hall–Kier alpha value is -3.91. The van der Waals surface area contributed by atoms with Gasteiger partial charge in [0.2, 0.25) is 11.8 Å². The third-order valence-corrected chi connectivity index (χ3v) is 5.52. The van der Waals surface area contributed by atoms with E-state index in [9.17, 15) is 9.59 Å². The number of nitrogens with one attached hydrogen (secondary N) is 2. The van der Waals surface area contributed by atoms with Crippen LogP contribution in [0.2, 0.25) is 0 Å². The SMILES string of the molecule is CC(=O)Nc1cccc(-n2cnnc2SCC(=O)Nc2ccccc2-c2ccccc2)c1. The number of benzene rings is 3. The molecule has 0 atom stereocenters. The van der Waals surface area contributed by atoms with Crippen LogP contribution in [0.1, 0.15) is 6.92 Å². The second kappa shape index (κ2) is 9.93. The van der Waals surface area contributed by atoms with Crippen molar-refractivity contribution in [2.75, 3.05) is 16.4 Å². The van der Waals surface area contributed by atoms with Gasteiger partial charge in [-0.15, -0.1) is 10.2 Å². The molecule has 8 heteroatoms. The third kappa shape index (κ3) is 5.22. The Kier molecular flexibility index (Phi) is 6.62. The Morgan fingerprint density at radius 1 is 0.938 bits per heavy atom. The molecule has 0 spiro atoms. The summed E-state index contributed by atoms with van der Waals surface area (Å²) in [5.41, 5.74) is 4.22. The maximum Gasteiger partial charge on any atom is 0.234 e. The summed E-state index contributed by atoms with van der Waals surface area (Å²) in [5.74, 6) is -0.111. The minimum Gasteiger partial charge on any atom is -0.326 e. The fraction of sp³-hybridized carbons (Fsp3) is 0.0833. The van der Waals surface area contributed by atoms with Gasteiger partial charge >= 0.3 is 0 Å². The van der Waals surface area contributed by atoms with E-state index in [4.69, 9.17) is 0 Å². The van der Waals surface area contributed by atoms with E-state index in [-0.39, 0.29) is 17.6 Å². The Bertz CT molecular complexity index is 1240. The first kappa shape index (κ1) is 21.3. The number of anilines is 2. The van der Waals surface area contributed by atoms with Crippen molar-refractivity contribution in [2.45, 2.75) is 12.1 Å². The van der Waals surface area contributed by atoms with Gasteiger partial charge in [-0.1, -0.05) is 66.4 Å². The molecule has 0 saturated carbocycles. The first-order chi connectivity index (χ1) is 15.6. The van der Waals surface area contributed by atoms with E-state index in [0.717, 1.165) is 22.5 Å². The molecule has 7 nitrogen and oxygen atoms in total. The number of hydrogen-bond donors (Lipinski definition) is 2. The van der Waals surface area contributed by atoms with Crippen LogP contribution in [-0.4, -0.2) is 32.3 Å². The van der Waals surface area contributed by atoms with Gasteiger partial charge in [0.25, 0.3) is 0 Å². The monoisotopic (exact) mass is 443 g/mol. The average molecular weight is 444 g/mol. The highest BCUT2D eigenvalue weighted by Crippen LogP contribution is 2.28. The molecule has 1 aromatic heterocycles. The summed E-state index contributed by atoms with van der Waals surface area (Å²) in [6.45, 7) is 1.46. The number of rotatable bonds is 7. The Morgan fingerprint density at radius 2 is 1.72 bits per heavy atom. The summed E-state index contributed by atoms with van der Waals surface area (Å²) in [6.07, 6.45) is 1.58. The number of carbonyl (C=O) groups excluding carboxylic acids is 2. The van der Waals surface area contributed by atoms with Crippen molar-refractivity contribution in [3.05, 3.63) is 85.2 Å². The molecule has 0 aliphatic heterocycles. The van der Waals surface area contributed by atoms with Crippen LogP contribution in [0, 0.1) is 0 Å². The molecule has 2 amide bonds. The molecule has 0 radical (unpaired) electrons. The van der Waals surface area contributed by atoms with Crippen LogP contribution in [-0.2, 0) is 9.59 Å². The summed E-state index contributed by atoms with van der Waals surface area (Å²) in [6, 6.07) is 25.0. The Labute approximate surface area is 189 Å². The van der Waals surface area contributed by atoms with Crippen molar-refractivity contribution in [3.8, 4) is 16.8 Å². The maximum atomic E-state index is 12.7. The zero-order chi connectivity index (χ0) is 22.3. The largest absolute Gasteiger partial charge is 0.326 e. The highest BCUT2D eigenvalue weighted by Gasteiger charge is 2.13. The van der Waals surface area contributed by atoms with Crippen molar-refractivity contribution in [2.24, 2.45) is 0 Å². The number of aromatic nitrogens is 3. The highest BCUT2D eigenvalue weighted by molar-refractivity contribution is 7.99. The van der Waals surface area contributed by atoms with E-state index in [1.165, 1.54) is 18.7 Å². The molecule has 0 aliphatic carbocycles. The van der Waals surface area contributed by atoms with Crippen LogP contribution in [0.15, 0.2) is 90.3 Å². The lowest BCUT2D eigenvalue weighted by Gasteiger charge is -2.11. The average Bonchev–Trinajstić information content (AvgIpc) is 3.27. The van der Waals surface area contributed by atoms with Crippen LogP contribution in [0.3, 0.4) is 0 Å². The highest BCUT2D eigenvalue weighted by atomic mass is 32.2. The molecular weight excluding hydrogens is 422 g/mol. The topological polar surface area (TPSA) is 88.9 Å². The minimum atomic E-state index is -0.145. The molecule has 4 rings (SSSR count). The van der Waals surface area contributed by atoms with Crippen molar-refractivity contribution in [1.82, 2.24) is 14.8 Å². The van der Waals surface area contributed by atoms with Crippen LogP contribution in [0.25, 0.3) is 16.8 Å². The van der Waals surface area contributed by atoms with E-state index in [1.54, 1.807) is 17.0 Å². The molecule has 0 unspecified atom stereocenters. The Morgan fingerprint density at radius 3 is 2.53 bits per heavy atom. The van der Waals surface area contributed by atoms with Crippen molar-refractivity contribution in [3.63, 3.8) is 0 Å². The van der Waals surface area contributed by atoms with Crippen LogP contribution in [0.5, 0.6) is 0 Å². The predicted octanol–water partition coefficient (Wildman–Crippen LogP) is 4.62. The molecule has 32 heavy (non-hydrogen) atoms. The second-order valence-electron chi connectivity index (χ2n) is 6.96. The maximum absolute atomic E-state index is 12.7. The van der Waals surface area contributed by atoms with Crippen molar-refractivity contribution < 1.29 is 9.59 Å². The smallest absolute Gasteiger partial charge is 0.234 e. The van der Waals surface area contributed by atoms with Gasteiger partial charge in [-0.2, -0.15) is 0 Å².